The van der Waals surface area contributed by atoms with Gasteiger partial charge >= 0.3 is 12.2 Å². The highest BCUT2D eigenvalue weighted by atomic mass is 16.6. The molecule has 10 nitrogen and oxygen atoms in total. The first kappa shape index (κ1) is 23.2. The lowest BCUT2D eigenvalue weighted by atomic mass is 9.98. The number of carbonyl (C=O) groups is 2. The van der Waals surface area contributed by atoms with Crippen molar-refractivity contribution in [1.29, 1.82) is 0 Å². The van der Waals surface area contributed by atoms with Crippen molar-refractivity contribution in [3.63, 3.8) is 0 Å². The Morgan fingerprint density at radius 2 is 1.69 bits per heavy atom. The van der Waals surface area contributed by atoms with E-state index in [2.05, 4.69) is 5.10 Å². The zero-order valence-corrected chi connectivity index (χ0v) is 19.2. The van der Waals surface area contributed by atoms with Crippen molar-refractivity contribution in [3.8, 4) is 0 Å². The fraction of sp³-hybridized carbons (Fsp3) is 0.500. The number of amides is 1. The molecule has 10 heteroatoms. The molecule has 172 valence electrons. The second-order valence-electron chi connectivity index (χ2n) is 9.63. The summed E-state index contributed by atoms with van der Waals surface area (Å²) in [6, 6.07) is 3.16. The van der Waals surface area contributed by atoms with Gasteiger partial charge in [0.05, 0.1) is 22.0 Å². The summed E-state index contributed by atoms with van der Waals surface area (Å²) in [5.74, 6) is 0. The summed E-state index contributed by atoms with van der Waals surface area (Å²) < 4.78 is 11.8. The van der Waals surface area contributed by atoms with Crippen LogP contribution in [0.1, 0.15) is 53.5 Å². The predicted octanol–water partition coefficient (Wildman–Crippen LogP) is 4.75. The molecule has 1 aliphatic rings. The fourth-order valence-electron chi connectivity index (χ4n) is 3.32. The summed E-state index contributed by atoms with van der Waals surface area (Å²) in [5, 5.41) is 16.0. The van der Waals surface area contributed by atoms with Crippen LogP contribution in [0.25, 0.3) is 16.5 Å². The van der Waals surface area contributed by atoms with Gasteiger partial charge in [0.25, 0.3) is 5.69 Å². The highest BCUT2D eigenvalue weighted by molar-refractivity contribution is 5.96. The molecule has 0 unspecified atom stereocenters. The predicted molar refractivity (Wildman–Crippen MR) is 118 cm³/mol. The largest absolute Gasteiger partial charge is 0.444 e. The molecule has 0 saturated carbocycles. The molecule has 0 N–H and O–H groups in total. The average Bonchev–Trinajstić information content (AvgIpc) is 3.08. The molecule has 0 atom stereocenters. The molecule has 0 aliphatic carbocycles. The van der Waals surface area contributed by atoms with Gasteiger partial charge in [-0.2, -0.15) is 9.78 Å². The van der Waals surface area contributed by atoms with E-state index in [-0.39, 0.29) is 11.1 Å². The van der Waals surface area contributed by atoms with Crippen LogP contribution in [0.4, 0.5) is 15.3 Å². The number of carbonyl (C=O) groups excluding carboxylic acids is 2. The maximum atomic E-state index is 12.6. The van der Waals surface area contributed by atoms with Gasteiger partial charge in [0.1, 0.15) is 11.2 Å². The lowest BCUT2D eigenvalue weighted by Crippen LogP contribution is -2.39. The molecule has 0 radical (unpaired) electrons. The molecule has 1 amide bonds. The molecule has 0 bridgehead atoms. The third-order valence-electron chi connectivity index (χ3n) is 4.66. The third-order valence-corrected chi connectivity index (χ3v) is 4.66. The molecule has 3 rings (SSSR count). The Hall–Kier alpha value is -3.43. The molecule has 0 fully saturated rings. The lowest BCUT2D eigenvalue weighted by molar-refractivity contribution is -0.383. The number of rotatable bonds is 2. The molecular formula is C22H28N4O6. The van der Waals surface area contributed by atoms with Gasteiger partial charge in [0, 0.05) is 19.2 Å². The maximum absolute atomic E-state index is 12.6. The normalized spacial score (nSPS) is 14.8. The second-order valence-corrected chi connectivity index (χ2v) is 9.63. The number of hydrogen-bond donors (Lipinski definition) is 0. The molecular weight excluding hydrogens is 416 g/mol. The van der Waals surface area contributed by atoms with Gasteiger partial charge in [-0.3, -0.25) is 10.1 Å². The van der Waals surface area contributed by atoms with E-state index in [0.717, 1.165) is 10.3 Å². The van der Waals surface area contributed by atoms with Crippen LogP contribution in [-0.4, -0.2) is 56.1 Å². The average molecular weight is 444 g/mol. The summed E-state index contributed by atoms with van der Waals surface area (Å²) in [5.41, 5.74) is 0.245. The van der Waals surface area contributed by atoms with Crippen molar-refractivity contribution < 1.29 is 24.0 Å². The first-order valence-corrected chi connectivity index (χ1v) is 10.3. The van der Waals surface area contributed by atoms with Gasteiger partial charge < -0.3 is 14.4 Å². The summed E-state index contributed by atoms with van der Waals surface area (Å²) >= 11 is 0. The molecule has 2 aromatic rings. The maximum Gasteiger partial charge on any atom is 0.435 e. The highest BCUT2D eigenvalue weighted by Gasteiger charge is 2.27. The first-order chi connectivity index (χ1) is 14.7. The van der Waals surface area contributed by atoms with Crippen LogP contribution < -0.4 is 0 Å². The monoisotopic (exact) mass is 444 g/mol. The van der Waals surface area contributed by atoms with E-state index in [1.165, 1.54) is 12.3 Å². The summed E-state index contributed by atoms with van der Waals surface area (Å²) in [4.78, 5) is 37.6. The molecule has 0 spiro atoms. The number of nitro groups is 1. The van der Waals surface area contributed by atoms with E-state index in [9.17, 15) is 19.7 Å². The van der Waals surface area contributed by atoms with Crippen molar-refractivity contribution in [2.45, 2.75) is 59.2 Å². The third kappa shape index (κ3) is 5.24. The standard InChI is InChI=1S/C22H28N4O6/c1-21(2,3)31-19(27)24-9-7-14(8-10-24)15-11-17-16(18(12-15)26(29)30)13-23-25(17)20(28)32-22(4,5)6/h7,11-13H,8-10H2,1-6H3. The summed E-state index contributed by atoms with van der Waals surface area (Å²) in [6.45, 7) is 11.3. The topological polar surface area (TPSA) is 117 Å². The number of fused-ring (bicyclic) bond motifs is 1. The summed E-state index contributed by atoms with van der Waals surface area (Å²) in [6.07, 6.45) is 2.50. The SMILES string of the molecule is CC(C)(C)OC(=O)N1CC=C(c2cc([N+](=O)[O-])c3cnn(C(=O)OC(C)(C)C)c3c2)CC1. The van der Waals surface area contributed by atoms with E-state index in [1.54, 1.807) is 52.5 Å². The van der Waals surface area contributed by atoms with Gasteiger partial charge in [-0.25, -0.2) is 9.59 Å². The minimum absolute atomic E-state index is 0.150. The van der Waals surface area contributed by atoms with Crippen LogP contribution in [0.3, 0.4) is 0 Å². The van der Waals surface area contributed by atoms with E-state index in [1.807, 2.05) is 6.08 Å². The van der Waals surface area contributed by atoms with E-state index < -0.39 is 28.3 Å². The van der Waals surface area contributed by atoms with E-state index in [0.29, 0.717) is 30.6 Å². The fourth-order valence-corrected chi connectivity index (χ4v) is 3.32. The Bertz CT molecular complexity index is 1100. The number of nitrogens with zero attached hydrogens (tertiary/aromatic N) is 4. The van der Waals surface area contributed by atoms with Crippen molar-refractivity contribution in [2.75, 3.05) is 13.1 Å². The van der Waals surface area contributed by atoms with Gasteiger partial charge in [0.2, 0.25) is 0 Å². The van der Waals surface area contributed by atoms with Crippen molar-refractivity contribution in [3.05, 3.63) is 40.1 Å². The van der Waals surface area contributed by atoms with Gasteiger partial charge in [-0.15, -0.1) is 0 Å². The van der Waals surface area contributed by atoms with Crippen LogP contribution in [0, 0.1) is 10.1 Å². The molecule has 0 saturated heterocycles. The number of hydrogen-bond acceptors (Lipinski definition) is 7. The molecule has 32 heavy (non-hydrogen) atoms. The molecule has 2 heterocycles. The summed E-state index contributed by atoms with van der Waals surface area (Å²) in [7, 11) is 0. The quantitative estimate of drug-likeness (QED) is 0.484. The van der Waals surface area contributed by atoms with Crippen LogP contribution in [0.2, 0.25) is 0 Å². The number of aromatic nitrogens is 2. The van der Waals surface area contributed by atoms with Crippen molar-refractivity contribution in [1.82, 2.24) is 14.7 Å². The van der Waals surface area contributed by atoms with Crippen LogP contribution in [0.5, 0.6) is 0 Å². The minimum atomic E-state index is -0.740. The second kappa shape index (κ2) is 8.25. The molecule has 1 aromatic carbocycles. The zero-order chi connectivity index (χ0) is 23.8. The Kier molecular flexibility index (Phi) is 5.99. The van der Waals surface area contributed by atoms with Gasteiger partial charge in [0.15, 0.2) is 0 Å². The zero-order valence-electron chi connectivity index (χ0n) is 19.2. The van der Waals surface area contributed by atoms with Gasteiger partial charge in [-0.1, -0.05) is 6.08 Å². The first-order valence-electron chi connectivity index (χ1n) is 10.3. The molecule has 1 aromatic heterocycles. The Labute approximate surface area is 185 Å². The van der Waals surface area contributed by atoms with E-state index in [4.69, 9.17) is 9.47 Å². The van der Waals surface area contributed by atoms with Crippen LogP contribution in [0.15, 0.2) is 24.4 Å². The Balaban J connectivity index is 1.95. The van der Waals surface area contributed by atoms with Crippen molar-refractivity contribution in [2.24, 2.45) is 0 Å². The number of benzene rings is 1. The molecule has 1 aliphatic heterocycles. The minimum Gasteiger partial charge on any atom is -0.444 e. The lowest BCUT2D eigenvalue weighted by Gasteiger charge is -2.29. The number of nitro benzene ring substituents is 1. The van der Waals surface area contributed by atoms with Crippen LogP contribution in [-0.2, 0) is 9.47 Å². The van der Waals surface area contributed by atoms with E-state index >= 15 is 0 Å². The highest BCUT2D eigenvalue weighted by Crippen LogP contribution is 2.33. The Morgan fingerprint density at radius 3 is 2.22 bits per heavy atom. The van der Waals surface area contributed by atoms with Gasteiger partial charge in [-0.05, 0) is 65.2 Å². The number of ether oxygens (including phenoxy) is 2. The number of non-ortho nitro benzene ring substituents is 1. The smallest absolute Gasteiger partial charge is 0.435 e. The van der Waals surface area contributed by atoms with Crippen LogP contribution >= 0.6 is 0 Å². The van der Waals surface area contributed by atoms with Crippen molar-refractivity contribution >= 4 is 34.3 Å². The Morgan fingerprint density at radius 1 is 1.06 bits per heavy atom.